The Bertz CT molecular complexity index is 562. The van der Waals surface area contributed by atoms with Crippen LogP contribution in [0.2, 0.25) is 0 Å². The van der Waals surface area contributed by atoms with Crippen LogP contribution >= 0.6 is 0 Å². The van der Waals surface area contributed by atoms with Crippen molar-refractivity contribution >= 4 is 5.82 Å². The largest absolute Gasteiger partial charge is 0.370 e. The summed E-state index contributed by atoms with van der Waals surface area (Å²) in [6.07, 6.45) is 0.901. The number of hydrogen-bond acceptors (Lipinski definition) is 3. The van der Waals surface area contributed by atoms with Gasteiger partial charge in [0.1, 0.15) is 11.6 Å². The van der Waals surface area contributed by atoms with Gasteiger partial charge in [-0.1, -0.05) is 44.2 Å². The molecule has 3 nitrogen and oxygen atoms in total. The van der Waals surface area contributed by atoms with Gasteiger partial charge in [0.15, 0.2) is 0 Å². The molecule has 106 valence electrons. The summed E-state index contributed by atoms with van der Waals surface area (Å²) in [4.78, 5) is 9.44. The molecular formula is C17H23N3. The number of hydrogen-bond donors (Lipinski definition) is 1. The van der Waals surface area contributed by atoms with Crippen LogP contribution in [-0.2, 0) is 6.42 Å². The monoisotopic (exact) mass is 269 g/mol. The maximum Gasteiger partial charge on any atom is 0.133 e. The Morgan fingerprint density at radius 3 is 2.40 bits per heavy atom. The molecule has 0 atom stereocenters. The van der Waals surface area contributed by atoms with E-state index < -0.39 is 0 Å². The van der Waals surface area contributed by atoms with Crippen LogP contribution in [0.3, 0.4) is 0 Å². The van der Waals surface area contributed by atoms with Crippen molar-refractivity contribution in [3.05, 3.63) is 41.7 Å². The Labute approximate surface area is 121 Å². The summed E-state index contributed by atoms with van der Waals surface area (Å²) in [5.41, 5.74) is 3.30. The lowest BCUT2D eigenvalue weighted by atomic mass is 10.1. The molecule has 2 rings (SSSR count). The van der Waals surface area contributed by atoms with Gasteiger partial charge in [0.25, 0.3) is 0 Å². The molecule has 0 amide bonds. The normalized spacial score (nSPS) is 10.8. The summed E-state index contributed by atoms with van der Waals surface area (Å²) in [5, 5.41) is 3.35. The molecule has 0 fully saturated rings. The van der Waals surface area contributed by atoms with Crippen molar-refractivity contribution in [1.29, 1.82) is 0 Å². The molecule has 1 aromatic heterocycles. The first-order valence-electron chi connectivity index (χ1n) is 7.28. The highest BCUT2D eigenvalue weighted by molar-refractivity contribution is 5.68. The molecular weight excluding hydrogens is 246 g/mol. The van der Waals surface area contributed by atoms with Crippen LogP contribution < -0.4 is 5.32 Å². The summed E-state index contributed by atoms with van der Waals surface area (Å²) >= 11 is 0. The van der Waals surface area contributed by atoms with Gasteiger partial charge in [-0.2, -0.15) is 0 Å². The minimum atomic E-state index is 0.552. The Balaban J connectivity index is 2.51. The van der Waals surface area contributed by atoms with Gasteiger partial charge >= 0.3 is 0 Å². The topological polar surface area (TPSA) is 37.8 Å². The van der Waals surface area contributed by atoms with Gasteiger partial charge in [-0.05, 0) is 19.8 Å². The zero-order valence-corrected chi connectivity index (χ0v) is 12.8. The molecule has 0 aliphatic rings. The SMILES string of the molecule is CCNc1nc(CC(C)C)nc(-c2ccccc2)c1C. The standard InChI is InChI=1S/C17H23N3/c1-5-18-17-13(4)16(14-9-7-6-8-10-14)19-15(20-17)11-12(2)3/h6-10,12H,5,11H2,1-4H3,(H,18,19,20). The second-order valence-corrected chi connectivity index (χ2v) is 5.46. The molecule has 1 aromatic carbocycles. The molecule has 0 aliphatic heterocycles. The fraction of sp³-hybridized carbons (Fsp3) is 0.412. The highest BCUT2D eigenvalue weighted by Crippen LogP contribution is 2.26. The maximum atomic E-state index is 4.77. The number of anilines is 1. The average molecular weight is 269 g/mol. The molecule has 0 radical (unpaired) electrons. The van der Waals surface area contributed by atoms with Gasteiger partial charge < -0.3 is 5.32 Å². The average Bonchev–Trinajstić information content (AvgIpc) is 2.43. The number of benzene rings is 1. The van der Waals surface area contributed by atoms with E-state index in [4.69, 9.17) is 4.98 Å². The van der Waals surface area contributed by atoms with Gasteiger partial charge in [-0.25, -0.2) is 9.97 Å². The Kier molecular flexibility index (Phi) is 4.72. The van der Waals surface area contributed by atoms with Crippen LogP contribution in [0.1, 0.15) is 32.2 Å². The van der Waals surface area contributed by atoms with E-state index in [2.05, 4.69) is 50.1 Å². The first-order valence-corrected chi connectivity index (χ1v) is 7.28. The van der Waals surface area contributed by atoms with Crippen molar-refractivity contribution in [1.82, 2.24) is 9.97 Å². The van der Waals surface area contributed by atoms with E-state index >= 15 is 0 Å². The minimum Gasteiger partial charge on any atom is -0.370 e. The maximum absolute atomic E-state index is 4.77. The van der Waals surface area contributed by atoms with Crippen LogP contribution in [0, 0.1) is 12.8 Å². The van der Waals surface area contributed by atoms with Crippen LogP contribution in [0.15, 0.2) is 30.3 Å². The van der Waals surface area contributed by atoms with E-state index in [1.165, 1.54) is 0 Å². The summed E-state index contributed by atoms with van der Waals surface area (Å²) in [7, 11) is 0. The van der Waals surface area contributed by atoms with Crippen molar-refractivity contribution in [2.75, 3.05) is 11.9 Å². The van der Waals surface area contributed by atoms with Gasteiger partial charge in [0.05, 0.1) is 5.69 Å². The first kappa shape index (κ1) is 14.5. The number of nitrogens with one attached hydrogen (secondary N) is 1. The molecule has 1 N–H and O–H groups in total. The summed E-state index contributed by atoms with van der Waals surface area (Å²) < 4.78 is 0. The summed E-state index contributed by atoms with van der Waals surface area (Å²) in [6, 6.07) is 10.3. The van der Waals surface area contributed by atoms with Gasteiger partial charge in [0, 0.05) is 24.1 Å². The molecule has 0 bridgehead atoms. The highest BCUT2D eigenvalue weighted by Gasteiger charge is 2.12. The smallest absolute Gasteiger partial charge is 0.133 e. The molecule has 0 aliphatic carbocycles. The molecule has 0 spiro atoms. The first-order chi connectivity index (χ1) is 9.61. The zero-order chi connectivity index (χ0) is 14.5. The van der Waals surface area contributed by atoms with Crippen LogP contribution in [-0.4, -0.2) is 16.5 Å². The second kappa shape index (κ2) is 6.51. The zero-order valence-electron chi connectivity index (χ0n) is 12.8. The fourth-order valence-electron chi connectivity index (χ4n) is 2.24. The molecule has 1 heterocycles. The van der Waals surface area contributed by atoms with E-state index in [-0.39, 0.29) is 0 Å². The van der Waals surface area contributed by atoms with Crippen molar-refractivity contribution in [3.63, 3.8) is 0 Å². The number of nitrogens with zero attached hydrogens (tertiary/aromatic N) is 2. The lowest BCUT2D eigenvalue weighted by Crippen LogP contribution is -2.09. The quantitative estimate of drug-likeness (QED) is 0.888. The lowest BCUT2D eigenvalue weighted by molar-refractivity contribution is 0.621. The van der Waals surface area contributed by atoms with Crippen LogP contribution in [0.5, 0.6) is 0 Å². The van der Waals surface area contributed by atoms with Gasteiger partial charge in [-0.3, -0.25) is 0 Å². The van der Waals surface area contributed by atoms with Gasteiger partial charge in [0.2, 0.25) is 0 Å². The Morgan fingerprint density at radius 1 is 1.10 bits per heavy atom. The molecule has 3 heteroatoms. The number of rotatable bonds is 5. The second-order valence-electron chi connectivity index (χ2n) is 5.46. The van der Waals surface area contributed by atoms with Crippen LogP contribution in [0.25, 0.3) is 11.3 Å². The van der Waals surface area contributed by atoms with E-state index in [1.807, 2.05) is 18.2 Å². The summed E-state index contributed by atoms with van der Waals surface area (Å²) in [5.74, 6) is 2.42. The van der Waals surface area contributed by atoms with Gasteiger partial charge in [-0.15, -0.1) is 0 Å². The predicted octanol–water partition coefficient (Wildman–Crippen LogP) is 4.08. The third kappa shape index (κ3) is 3.35. The third-order valence-corrected chi connectivity index (χ3v) is 3.17. The molecule has 0 saturated carbocycles. The molecule has 20 heavy (non-hydrogen) atoms. The van der Waals surface area contributed by atoms with Crippen molar-refractivity contribution < 1.29 is 0 Å². The van der Waals surface area contributed by atoms with E-state index in [9.17, 15) is 0 Å². The van der Waals surface area contributed by atoms with E-state index in [1.54, 1.807) is 0 Å². The van der Waals surface area contributed by atoms with E-state index in [0.29, 0.717) is 5.92 Å². The van der Waals surface area contributed by atoms with Crippen LogP contribution in [0.4, 0.5) is 5.82 Å². The highest BCUT2D eigenvalue weighted by atomic mass is 15.0. The van der Waals surface area contributed by atoms with E-state index in [0.717, 1.165) is 41.4 Å². The number of aromatic nitrogens is 2. The Morgan fingerprint density at radius 2 is 1.80 bits per heavy atom. The molecule has 0 saturated heterocycles. The van der Waals surface area contributed by atoms with Crippen molar-refractivity contribution in [2.45, 2.75) is 34.1 Å². The van der Waals surface area contributed by atoms with Crippen molar-refractivity contribution in [3.8, 4) is 11.3 Å². The molecule has 2 aromatic rings. The fourth-order valence-corrected chi connectivity index (χ4v) is 2.24. The Hall–Kier alpha value is -1.90. The third-order valence-electron chi connectivity index (χ3n) is 3.17. The van der Waals surface area contributed by atoms with Crippen molar-refractivity contribution in [2.24, 2.45) is 5.92 Å². The predicted molar refractivity (Wildman–Crippen MR) is 84.9 cm³/mol. The lowest BCUT2D eigenvalue weighted by Gasteiger charge is -2.14. The molecule has 0 unspecified atom stereocenters. The summed E-state index contributed by atoms with van der Waals surface area (Å²) in [6.45, 7) is 9.43. The minimum absolute atomic E-state index is 0.552.